The summed E-state index contributed by atoms with van der Waals surface area (Å²) in [6.45, 7) is 0. The lowest BCUT2D eigenvalue weighted by Crippen LogP contribution is -2.05. The molecule has 3 rings (SSSR count). The number of carbonyl (C=O) groups is 1. The van der Waals surface area contributed by atoms with Crippen molar-refractivity contribution in [2.45, 2.75) is 6.18 Å². The molecule has 0 amide bonds. The quantitative estimate of drug-likeness (QED) is 0.725. The second-order valence-corrected chi connectivity index (χ2v) is 5.33. The van der Waals surface area contributed by atoms with E-state index in [1.54, 1.807) is 12.1 Å². The highest BCUT2D eigenvalue weighted by atomic mass is 19.4. The number of rotatable bonds is 4. The van der Waals surface area contributed by atoms with E-state index in [1.807, 2.05) is 0 Å². The highest BCUT2D eigenvalue weighted by Gasteiger charge is 2.31. The van der Waals surface area contributed by atoms with Gasteiger partial charge >= 0.3 is 12.1 Å². The summed E-state index contributed by atoms with van der Waals surface area (Å²) in [6.07, 6.45) is -3.15. The van der Waals surface area contributed by atoms with E-state index < -0.39 is 17.7 Å². The maximum absolute atomic E-state index is 12.8. The van der Waals surface area contributed by atoms with Crippen LogP contribution in [0.4, 0.5) is 13.2 Å². The van der Waals surface area contributed by atoms with E-state index in [2.05, 4.69) is 4.98 Å². The van der Waals surface area contributed by atoms with Crippen LogP contribution in [0, 0.1) is 0 Å². The van der Waals surface area contributed by atoms with Crippen LogP contribution >= 0.6 is 0 Å². The zero-order valence-corrected chi connectivity index (χ0v) is 13.4. The predicted octanol–water partition coefficient (Wildman–Crippen LogP) is 4.73. The summed E-state index contributed by atoms with van der Waals surface area (Å²) >= 11 is 0. The molecule has 0 saturated heterocycles. The SMILES string of the molecule is COc1cc(C(F)(F)F)ccc1-c1cnc(-c2cccc(C(=O)O)c2)o1. The van der Waals surface area contributed by atoms with Crippen LogP contribution in [0.25, 0.3) is 22.8 Å². The third-order valence-corrected chi connectivity index (χ3v) is 3.66. The first-order chi connectivity index (χ1) is 12.3. The lowest BCUT2D eigenvalue weighted by atomic mass is 10.1. The number of benzene rings is 2. The normalized spacial score (nSPS) is 11.4. The summed E-state index contributed by atoms with van der Waals surface area (Å²) in [5.41, 5.74) is -0.0444. The molecule has 2 aromatic carbocycles. The van der Waals surface area contributed by atoms with E-state index in [0.717, 1.165) is 12.1 Å². The van der Waals surface area contributed by atoms with Gasteiger partial charge in [0.1, 0.15) is 5.75 Å². The Morgan fingerprint density at radius 3 is 2.62 bits per heavy atom. The highest BCUT2D eigenvalue weighted by molar-refractivity contribution is 5.89. The van der Waals surface area contributed by atoms with Gasteiger partial charge in [-0.15, -0.1) is 0 Å². The zero-order valence-electron chi connectivity index (χ0n) is 13.4. The fourth-order valence-electron chi connectivity index (χ4n) is 2.39. The summed E-state index contributed by atoms with van der Waals surface area (Å²) in [7, 11) is 1.26. The molecule has 1 heterocycles. The topological polar surface area (TPSA) is 72.6 Å². The number of aromatic carboxylic acids is 1. The van der Waals surface area contributed by atoms with E-state index >= 15 is 0 Å². The van der Waals surface area contributed by atoms with Gasteiger partial charge < -0.3 is 14.3 Å². The average Bonchev–Trinajstić information content (AvgIpc) is 3.10. The molecular weight excluding hydrogens is 351 g/mol. The number of alkyl halides is 3. The van der Waals surface area contributed by atoms with Gasteiger partial charge in [-0.1, -0.05) is 6.07 Å². The van der Waals surface area contributed by atoms with Crippen molar-refractivity contribution >= 4 is 5.97 Å². The van der Waals surface area contributed by atoms with Gasteiger partial charge in [-0.05, 0) is 36.4 Å². The lowest BCUT2D eigenvalue weighted by molar-refractivity contribution is -0.137. The molecule has 3 aromatic rings. The van der Waals surface area contributed by atoms with Crippen molar-refractivity contribution in [3.8, 4) is 28.5 Å². The number of hydrogen-bond donors (Lipinski definition) is 1. The number of methoxy groups -OCH3 is 1. The Hall–Kier alpha value is -3.29. The van der Waals surface area contributed by atoms with E-state index in [-0.39, 0.29) is 23.0 Å². The molecule has 0 fully saturated rings. The third-order valence-electron chi connectivity index (χ3n) is 3.66. The number of halogens is 3. The Labute approximate surface area is 145 Å². The van der Waals surface area contributed by atoms with Crippen LogP contribution in [-0.2, 0) is 6.18 Å². The smallest absolute Gasteiger partial charge is 0.416 e. The Bertz CT molecular complexity index is 963. The Balaban J connectivity index is 2.00. The Morgan fingerprint density at radius 1 is 1.19 bits per heavy atom. The Morgan fingerprint density at radius 2 is 1.96 bits per heavy atom. The second-order valence-electron chi connectivity index (χ2n) is 5.33. The molecule has 1 N–H and O–H groups in total. The van der Waals surface area contributed by atoms with Gasteiger partial charge in [-0.25, -0.2) is 9.78 Å². The van der Waals surface area contributed by atoms with Gasteiger partial charge in [0.25, 0.3) is 0 Å². The first kappa shape index (κ1) is 17.5. The van der Waals surface area contributed by atoms with Crippen molar-refractivity contribution in [2.24, 2.45) is 0 Å². The zero-order chi connectivity index (χ0) is 18.9. The van der Waals surface area contributed by atoms with Crippen LogP contribution < -0.4 is 4.74 Å². The molecule has 26 heavy (non-hydrogen) atoms. The number of carboxylic acid groups (broad SMARTS) is 1. The maximum Gasteiger partial charge on any atom is 0.416 e. The highest BCUT2D eigenvalue weighted by Crippen LogP contribution is 2.38. The first-order valence-electron chi connectivity index (χ1n) is 7.35. The monoisotopic (exact) mass is 363 g/mol. The molecule has 0 saturated carbocycles. The summed E-state index contributed by atoms with van der Waals surface area (Å²) in [5.74, 6) is -0.763. The fourth-order valence-corrected chi connectivity index (χ4v) is 2.39. The minimum atomic E-state index is -4.49. The Kier molecular flexibility index (Phi) is 4.41. The standard InChI is InChI=1S/C18H12F3NO4/c1-25-14-8-12(18(19,20)21)5-6-13(14)15-9-22-16(26-15)10-3-2-4-11(7-10)17(23)24/h2-9H,1H3,(H,23,24). The van der Waals surface area contributed by atoms with Crippen molar-refractivity contribution in [3.05, 3.63) is 59.8 Å². The van der Waals surface area contributed by atoms with Crippen LogP contribution in [-0.4, -0.2) is 23.2 Å². The maximum atomic E-state index is 12.8. The molecule has 5 nitrogen and oxygen atoms in total. The largest absolute Gasteiger partial charge is 0.496 e. The van der Waals surface area contributed by atoms with Gasteiger partial charge in [0.15, 0.2) is 5.76 Å². The summed E-state index contributed by atoms with van der Waals surface area (Å²) in [6, 6.07) is 9.01. The van der Waals surface area contributed by atoms with E-state index in [4.69, 9.17) is 14.3 Å². The molecule has 1 aromatic heterocycles. The third kappa shape index (κ3) is 3.39. The molecule has 0 aliphatic carbocycles. The van der Waals surface area contributed by atoms with Crippen molar-refractivity contribution in [1.82, 2.24) is 4.98 Å². The number of oxazole rings is 1. The molecular formula is C18H12F3NO4. The van der Waals surface area contributed by atoms with Gasteiger partial charge in [0.05, 0.1) is 30.0 Å². The number of carboxylic acids is 1. The van der Waals surface area contributed by atoms with Crippen LogP contribution in [0.5, 0.6) is 5.75 Å². The summed E-state index contributed by atoms with van der Waals surface area (Å²) < 4.78 is 49.1. The van der Waals surface area contributed by atoms with Crippen LogP contribution in [0.15, 0.2) is 53.1 Å². The van der Waals surface area contributed by atoms with E-state index in [0.29, 0.717) is 11.1 Å². The number of aromatic nitrogens is 1. The molecule has 8 heteroatoms. The molecule has 0 aliphatic heterocycles. The van der Waals surface area contributed by atoms with Crippen molar-refractivity contribution < 1.29 is 32.2 Å². The van der Waals surface area contributed by atoms with Crippen LogP contribution in [0.2, 0.25) is 0 Å². The minimum Gasteiger partial charge on any atom is -0.496 e. The first-order valence-corrected chi connectivity index (χ1v) is 7.35. The molecule has 0 bridgehead atoms. The molecule has 0 radical (unpaired) electrons. The second kappa shape index (κ2) is 6.55. The number of hydrogen-bond acceptors (Lipinski definition) is 4. The van der Waals surface area contributed by atoms with Gasteiger partial charge in [0.2, 0.25) is 5.89 Å². The van der Waals surface area contributed by atoms with E-state index in [9.17, 15) is 18.0 Å². The van der Waals surface area contributed by atoms with E-state index in [1.165, 1.54) is 31.5 Å². The van der Waals surface area contributed by atoms with Crippen LogP contribution in [0.1, 0.15) is 15.9 Å². The van der Waals surface area contributed by atoms with Gasteiger partial charge in [-0.3, -0.25) is 0 Å². The molecule has 134 valence electrons. The molecule has 0 aliphatic rings. The lowest BCUT2D eigenvalue weighted by Gasteiger charge is -2.11. The summed E-state index contributed by atoms with van der Waals surface area (Å²) in [5, 5.41) is 9.04. The predicted molar refractivity (Wildman–Crippen MR) is 85.9 cm³/mol. The van der Waals surface area contributed by atoms with Gasteiger partial charge in [0, 0.05) is 5.56 Å². The van der Waals surface area contributed by atoms with Crippen molar-refractivity contribution in [1.29, 1.82) is 0 Å². The molecule has 0 unspecified atom stereocenters. The van der Waals surface area contributed by atoms with Crippen molar-refractivity contribution in [2.75, 3.05) is 7.11 Å². The molecule has 0 spiro atoms. The van der Waals surface area contributed by atoms with Gasteiger partial charge in [-0.2, -0.15) is 13.2 Å². The number of ether oxygens (including phenoxy) is 1. The minimum absolute atomic E-state index is 0.0122. The average molecular weight is 363 g/mol. The number of nitrogens with zero attached hydrogens (tertiary/aromatic N) is 1. The van der Waals surface area contributed by atoms with Crippen molar-refractivity contribution in [3.63, 3.8) is 0 Å². The summed E-state index contributed by atoms with van der Waals surface area (Å²) in [4.78, 5) is 15.1. The van der Waals surface area contributed by atoms with Crippen LogP contribution in [0.3, 0.4) is 0 Å². The fraction of sp³-hybridized carbons (Fsp3) is 0.111. The molecule has 0 atom stereocenters.